The highest BCUT2D eigenvalue weighted by atomic mass is 16.6. The second-order valence-electron chi connectivity index (χ2n) is 4.45. The number of hydrogen-bond acceptors (Lipinski definition) is 4. The molecule has 0 bridgehead atoms. The van der Waals surface area contributed by atoms with E-state index >= 15 is 0 Å². The lowest BCUT2D eigenvalue weighted by molar-refractivity contribution is -0.385. The second kappa shape index (κ2) is 6.72. The summed E-state index contributed by atoms with van der Waals surface area (Å²) in [6.07, 6.45) is 2.85. The topological polar surface area (TPSA) is 92.5 Å². The first-order valence-corrected chi connectivity index (χ1v) is 6.24. The Balaban J connectivity index is 2.83. The van der Waals surface area contributed by atoms with Gasteiger partial charge in [0.25, 0.3) is 5.91 Å². The quantitative estimate of drug-likeness (QED) is 0.611. The lowest BCUT2D eigenvalue weighted by Gasteiger charge is -2.13. The first kappa shape index (κ1) is 14.9. The number of rotatable bonds is 6. The molecular formula is C13H18N2O4. The molecule has 0 saturated carbocycles. The van der Waals surface area contributed by atoms with Gasteiger partial charge < -0.3 is 10.4 Å². The second-order valence-corrected chi connectivity index (χ2v) is 4.45. The Labute approximate surface area is 111 Å². The van der Waals surface area contributed by atoms with E-state index in [2.05, 4.69) is 12.2 Å². The van der Waals surface area contributed by atoms with Gasteiger partial charge in [0.2, 0.25) is 5.75 Å². The molecule has 2 N–H and O–H groups in total. The Bertz CT molecular complexity index is 474. The molecule has 0 aliphatic heterocycles. The van der Waals surface area contributed by atoms with Crippen LogP contribution < -0.4 is 5.32 Å². The van der Waals surface area contributed by atoms with Crippen LogP contribution >= 0.6 is 0 Å². The number of nitro groups is 1. The molecule has 1 aromatic carbocycles. The minimum atomic E-state index is -0.716. The summed E-state index contributed by atoms with van der Waals surface area (Å²) in [5.74, 6) is -1.09. The highest BCUT2D eigenvalue weighted by molar-refractivity contribution is 5.98. The number of benzene rings is 1. The van der Waals surface area contributed by atoms with Crippen molar-refractivity contribution in [3.63, 3.8) is 0 Å². The largest absolute Gasteiger partial charge is 0.502 e. The van der Waals surface area contributed by atoms with Crippen LogP contribution in [0.4, 0.5) is 5.69 Å². The minimum Gasteiger partial charge on any atom is -0.502 e. The molecule has 19 heavy (non-hydrogen) atoms. The monoisotopic (exact) mass is 266 g/mol. The third-order valence-corrected chi connectivity index (χ3v) is 2.82. The van der Waals surface area contributed by atoms with Crippen LogP contribution in [0.3, 0.4) is 0 Å². The summed E-state index contributed by atoms with van der Waals surface area (Å²) in [5.41, 5.74) is -0.536. The average molecular weight is 266 g/mol. The van der Waals surface area contributed by atoms with Gasteiger partial charge >= 0.3 is 5.69 Å². The fourth-order valence-corrected chi connectivity index (χ4v) is 1.75. The van der Waals surface area contributed by atoms with Crippen LogP contribution in [0.15, 0.2) is 18.2 Å². The Morgan fingerprint density at radius 2 is 2.21 bits per heavy atom. The van der Waals surface area contributed by atoms with Gasteiger partial charge in [0.05, 0.1) is 10.5 Å². The predicted octanol–water partition coefficient (Wildman–Crippen LogP) is 2.61. The van der Waals surface area contributed by atoms with Crippen LogP contribution in [0.2, 0.25) is 0 Å². The lowest BCUT2D eigenvalue weighted by atomic mass is 10.1. The van der Waals surface area contributed by atoms with E-state index < -0.39 is 22.3 Å². The van der Waals surface area contributed by atoms with E-state index in [-0.39, 0.29) is 11.6 Å². The van der Waals surface area contributed by atoms with Crippen LogP contribution in [0.5, 0.6) is 5.75 Å². The van der Waals surface area contributed by atoms with Crippen LogP contribution in [-0.4, -0.2) is 22.0 Å². The maximum absolute atomic E-state index is 11.9. The number of nitro benzene ring substituents is 1. The Morgan fingerprint density at radius 3 is 2.79 bits per heavy atom. The first-order chi connectivity index (χ1) is 8.97. The highest BCUT2D eigenvalue weighted by Crippen LogP contribution is 2.29. The number of phenols is 1. The van der Waals surface area contributed by atoms with Gasteiger partial charge in [-0.15, -0.1) is 0 Å². The number of phenolic OH excluding ortho intramolecular Hbond substituents is 1. The van der Waals surface area contributed by atoms with E-state index in [1.54, 1.807) is 0 Å². The molecule has 104 valence electrons. The number of nitrogens with zero attached hydrogens (tertiary/aromatic N) is 1. The molecule has 6 nitrogen and oxygen atoms in total. The number of aromatic hydroxyl groups is 1. The Morgan fingerprint density at radius 1 is 1.53 bits per heavy atom. The van der Waals surface area contributed by atoms with Crippen LogP contribution in [0.25, 0.3) is 0 Å². The summed E-state index contributed by atoms with van der Waals surface area (Å²) < 4.78 is 0. The van der Waals surface area contributed by atoms with Crippen LogP contribution in [0, 0.1) is 10.1 Å². The smallest absolute Gasteiger partial charge is 0.311 e. The summed E-state index contributed by atoms with van der Waals surface area (Å²) in [5, 5.41) is 23.1. The van der Waals surface area contributed by atoms with Crippen molar-refractivity contribution in [1.29, 1.82) is 0 Å². The molecule has 0 fully saturated rings. The number of carbonyl (C=O) groups is 1. The number of para-hydroxylation sites is 1. The lowest BCUT2D eigenvalue weighted by Crippen LogP contribution is -2.32. The van der Waals surface area contributed by atoms with Gasteiger partial charge in [0.15, 0.2) is 0 Å². The number of unbranched alkanes of at least 4 members (excludes halogenated alkanes) is 1. The van der Waals surface area contributed by atoms with Crippen molar-refractivity contribution in [2.75, 3.05) is 0 Å². The molecule has 0 aliphatic rings. The third kappa shape index (κ3) is 3.94. The summed E-state index contributed by atoms with van der Waals surface area (Å²) in [6, 6.07) is 3.87. The summed E-state index contributed by atoms with van der Waals surface area (Å²) in [6.45, 7) is 3.92. The Hall–Kier alpha value is -2.11. The molecule has 0 spiro atoms. The molecule has 1 rings (SSSR count). The minimum absolute atomic E-state index is 0.0360. The van der Waals surface area contributed by atoms with Gasteiger partial charge in [-0.2, -0.15) is 0 Å². The SMILES string of the molecule is CCCCC(C)NC(=O)c1cccc([N+](=O)[O-])c1O. The van der Waals surface area contributed by atoms with Crippen molar-refractivity contribution >= 4 is 11.6 Å². The molecule has 0 aliphatic carbocycles. The van der Waals surface area contributed by atoms with E-state index in [9.17, 15) is 20.0 Å². The summed E-state index contributed by atoms with van der Waals surface area (Å²) >= 11 is 0. The standard InChI is InChI=1S/C13H18N2O4/c1-3-4-6-9(2)14-13(17)10-7-5-8-11(12(10)16)15(18)19/h5,7-9,16H,3-4,6H2,1-2H3,(H,14,17). The van der Waals surface area contributed by atoms with E-state index in [4.69, 9.17) is 0 Å². The van der Waals surface area contributed by atoms with E-state index in [1.165, 1.54) is 12.1 Å². The van der Waals surface area contributed by atoms with Gasteiger partial charge in [0, 0.05) is 12.1 Å². The van der Waals surface area contributed by atoms with Crippen molar-refractivity contribution in [3.05, 3.63) is 33.9 Å². The molecule has 0 radical (unpaired) electrons. The van der Waals surface area contributed by atoms with Gasteiger partial charge in [-0.3, -0.25) is 14.9 Å². The van der Waals surface area contributed by atoms with Gasteiger partial charge in [0.1, 0.15) is 0 Å². The van der Waals surface area contributed by atoms with E-state index in [1.807, 2.05) is 6.92 Å². The zero-order valence-corrected chi connectivity index (χ0v) is 11.0. The Kier molecular flexibility index (Phi) is 5.29. The third-order valence-electron chi connectivity index (χ3n) is 2.82. The number of nitrogens with one attached hydrogen (secondary N) is 1. The van der Waals surface area contributed by atoms with Crippen molar-refractivity contribution in [1.82, 2.24) is 5.32 Å². The zero-order valence-electron chi connectivity index (χ0n) is 11.0. The van der Waals surface area contributed by atoms with E-state index in [0.29, 0.717) is 0 Å². The molecular weight excluding hydrogens is 248 g/mol. The maximum Gasteiger partial charge on any atom is 0.311 e. The maximum atomic E-state index is 11.9. The fourth-order valence-electron chi connectivity index (χ4n) is 1.75. The van der Waals surface area contributed by atoms with Gasteiger partial charge in [-0.1, -0.05) is 25.8 Å². The molecule has 1 amide bonds. The van der Waals surface area contributed by atoms with Crippen molar-refractivity contribution in [2.45, 2.75) is 39.2 Å². The molecule has 6 heteroatoms. The fraction of sp³-hybridized carbons (Fsp3) is 0.462. The first-order valence-electron chi connectivity index (χ1n) is 6.24. The summed E-state index contributed by atoms with van der Waals surface area (Å²) in [7, 11) is 0. The number of amides is 1. The molecule has 1 aromatic rings. The highest BCUT2D eigenvalue weighted by Gasteiger charge is 2.21. The average Bonchev–Trinajstić information content (AvgIpc) is 2.36. The predicted molar refractivity (Wildman–Crippen MR) is 71.2 cm³/mol. The number of carbonyl (C=O) groups excluding carboxylic acids is 1. The molecule has 1 atom stereocenters. The molecule has 0 aromatic heterocycles. The normalized spacial score (nSPS) is 11.9. The van der Waals surface area contributed by atoms with E-state index in [0.717, 1.165) is 25.3 Å². The van der Waals surface area contributed by atoms with Gasteiger partial charge in [-0.25, -0.2) is 0 Å². The van der Waals surface area contributed by atoms with Gasteiger partial charge in [-0.05, 0) is 19.4 Å². The zero-order chi connectivity index (χ0) is 14.4. The van der Waals surface area contributed by atoms with Crippen LogP contribution in [-0.2, 0) is 0 Å². The number of hydrogen-bond donors (Lipinski definition) is 2. The molecule has 1 unspecified atom stereocenters. The van der Waals surface area contributed by atoms with Crippen LogP contribution in [0.1, 0.15) is 43.5 Å². The van der Waals surface area contributed by atoms with Crippen molar-refractivity contribution in [3.8, 4) is 5.75 Å². The summed E-state index contributed by atoms with van der Waals surface area (Å²) in [4.78, 5) is 21.9. The molecule has 0 saturated heterocycles. The molecule has 0 heterocycles. The van der Waals surface area contributed by atoms with Crippen molar-refractivity contribution in [2.24, 2.45) is 0 Å². The van der Waals surface area contributed by atoms with Crippen molar-refractivity contribution < 1.29 is 14.8 Å².